The standard InChI is InChI=1S/C14H21BrN4O2/c1-3-21-14(20)19-6-4-10(5-7-19)18-13-12(15)9(2)11(16)8-17-13/h8,10H,3-7,16H2,1-2H3,(H,17,18). The minimum atomic E-state index is -0.224. The first-order chi connectivity index (χ1) is 10.0. The van der Waals surface area contributed by atoms with Crippen LogP contribution in [0.25, 0.3) is 0 Å². The number of nitrogen functional groups attached to an aromatic ring is 1. The summed E-state index contributed by atoms with van der Waals surface area (Å²) in [6, 6.07) is 0.294. The Balaban J connectivity index is 1.92. The van der Waals surface area contributed by atoms with Gasteiger partial charge in [-0.3, -0.25) is 0 Å². The van der Waals surface area contributed by atoms with Crippen LogP contribution in [0.3, 0.4) is 0 Å². The van der Waals surface area contributed by atoms with Crippen LogP contribution in [0.5, 0.6) is 0 Å². The molecule has 2 rings (SSSR count). The summed E-state index contributed by atoms with van der Waals surface area (Å²) in [7, 11) is 0. The predicted octanol–water partition coefficient (Wildman–Crippen LogP) is 2.77. The van der Waals surface area contributed by atoms with Gasteiger partial charge >= 0.3 is 6.09 Å². The number of amides is 1. The van der Waals surface area contributed by atoms with E-state index in [9.17, 15) is 4.79 Å². The van der Waals surface area contributed by atoms with E-state index < -0.39 is 0 Å². The Morgan fingerprint density at radius 3 is 2.86 bits per heavy atom. The van der Waals surface area contributed by atoms with Gasteiger partial charge in [0.1, 0.15) is 5.82 Å². The van der Waals surface area contributed by atoms with Gasteiger partial charge in [0.25, 0.3) is 0 Å². The van der Waals surface area contributed by atoms with Crippen LogP contribution in [-0.2, 0) is 4.74 Å². The summed E-state index contributed by atoms with van der Waals surface area (Å²) in [5.74, 6) is 0.802. The summed E-state index contributed by atoms with van der Waals surface area (Å²) in [6.07, 6.45) is 3.18. The smallest absolute Gasteiger partial charge is 0.409 e. The number of likely N-dealkylation sites (tertiary alicyclic amines) is 1. The van der Waals surface area contributed by atoms with Crippen molar-refractivity contribution in [1.82, 2.24) is 9.88 Å². The number of nitrogens with zero attached hydrogens (tertiary/aromatic N) is 2. The molecule has 116 valence electrons. The maximum atomic E-state index is 11.6. The summed E-state index contributed by atoms with van der Waals surface area (Å²) >= 11 is 3.52. The van der Waals surface area contributed by atoms with Crippen LogP contribution in [0.2, 0.25) is 0 Å². The first-order valence-corrected chi connectivity index (χ1v) is 7.91. The Bertz CT molecular complexity index is 516. The molecule has 1 saturated heterocycles. The highest BCUT2D eigenvalue weighted by molar-refractivity contribution is 9.10. The average Bonchev–Trinajstić information content (AvgIpc) is 2.49. The third-order valence-electron chi connectivity index (χ3n) is 3.66. The number of ether oxygens (including phenoxy) is 1. The van der Waals surface area contributed by atoms with E-state index >= 15 is 0 Å². The number of hydrogen-bond donors (Lipinski definition) is 2. The molecule has 7 heteroatoms. The van der Waals surface area contributed by atoms with Crippen molar-refractivity contribution < 1.29 is 9.53 Å². The molecule has 0 saturated carbocycles. The largest absolute Gasteiger partial charge is 0.450 e. The number of pyridine rings is 1. The van der Waals surface area contributed by atoms with Crippen molar-refractivity contribution >= 4 is 33.5 Å². The van der Waals surface area contributed by atoms with E-state index in [1.807, 2.05) is 13.8 Å². The van der Waals surface area contributed by atoms with E-state index in [0.717, 1.165) is 28.7 Å². The van der Waals surface area contributed by atoms with Gasteiger partial charge < -0.3 is 20.7 Å². The van der Waals surface area contributed by atoms with Gasteiger partial charge in [-0.1, -0.05) is 0 Å². The van der Waals surface area contributed by atoms with Gasteiger partial charge in [-0.25, -0.2) is 9.78 Å². The van der Waals surface area contributed by atoms with E-state index in [1.54, 1.807) is 11.1 Å². The van der Waals surface area contributed by atoms with E-state index in [4.69, 9.17) is 10.5 Å². The second-order valence-corrected chi connectivity index (χ2v) is 5.90. The summed E-state index contributed by atoms with van der Waals surface area (Å²) in [5, 5.41) is 3.42. The highest BCUT2D eigenvalue weighted by Gasteiger charge is 2.24. The van der Waals surface area contributed by atoms with Gasteiger partial charge in [0, 0.05) is 19.1 Å². The number of piperidine rings is 1. The normalized spacial score (nSPS) is 15.9. The zero-order valence-corrected chi connectivity index (χ0v) is 13.9. The van der Waals surface area contributed by atoms with Crippen LogP contribution in [0.15, 0.2) is 10.7 Å². The molecule has 1 aromatic heterocycles. The molecule has 0 spiro atoms. The van der Waals surface area contributed by atoms with E-state index in [1.165, 1.54) is 0 Å². The van der Waals surface area contributed by atoms with Crippen molar-refractivity contribution in [3.8, 4) is 0 Å². The van der Waals surface area contributed by atoms with Gasteiger partial charge in [0.15, 0.2) is 0 Å². The first kappa shape index (κ1) is 15.9. The van der Waals surface area contributed by atoms with Gasteiger partial charge in [0.2, 0.25) is 0 Å². The fourth-order valence-corrected chi connectivity index (χ4v) is 2.75. The Hall–Kier alpha value is -1.50. The topological polar surface area (TPSA) is 80.5 Å². The highest BCUT2D eigenvalue weighted by Crippen LogP contribution is 2.29. The summed E-state index contributed by atoms with van der Waals surface area (Å²) in [6.45, 7) is 5.58. The molecule has 0 bridgehead atoms. The Morgan fingerprint density at radius 2 is 2.24 bits per heavy atom. The van der Waals surface area contributed by atoms with Gasteiger partial charge in [-0.2, -0.15) is 0 Å². The molecule has 1 amide bonds. The number of nitrogens with two attached hydrogens (primary N) is 1. The number of carbonyl (C=O) groups excluding carboxylic acids is 1. The fourth-order valence-electron chi connectivity index (χ4n) is 2.31. The maximum absolute atomic E-state index is 11.6. The molecule has 2 heterocycles. The zero-order valence-electron chi connectivity index (χ0n) is 12.4. The van der Waals surface area contributed by atoms with Gasteiger partial charge in [0.05, 0.1) is 23.0 Å². The molecule has 0 unspecified atom stereocenters. The summed E-state index contributed by atoms with van der Waals surface area (Å²) < 4.78 is 5.91. The fraction of sp³-hybridized carbons (Fsp3) is 0.571. The van der Waals surface area contributed by atoms with Gasteiger partial charge in [-0.05, 0) is 48.2 Å². The third kappa shape index (κ3) is 3.78. The Morgan fingerprint density at radius 1 is 1.57 bits per heavy atom. The van der Waals surface area contributed by atoms with Crippen molar-refractivity contribution in [1.29, 1.82) is 0 Å². The second kappa shape index (κ2) is 6.98. The predicted molar refractivity (Wildman–Crippen MR) is 86.3 cm³/mol. The molecule has 1 aliphatic rings. The zero-order chi connectivity index (χ0) is 15.4. The average molecular weight is 357 g/mol. The number of nitrogens with one attached hydrogen (secondary N) is 1. The lowest BCUT2D eigenvalue weighted by Gasteiger charge is -2.32. The quantitative estimate of drug-likeness (QED) is 0.870. The van der Waals surface area contributed by atoms with Crippen LogP contribution in [0, 0.1) is 6.92 Å². The molecule has 0 radical (unpaired) electrons. The number of rotatable bonds is 3. The molecule has 3 N–H and O–H groups in total. The lowest BCUT2D eigenvalue weighted by molar-refractivity contribution is 0.0983. The van der Waals surface area contributed by atoms with Crippen LogP contribution in [0.1, 0.15) is 25.3 Å². The van der Waals surface area contributed by atoms with Crippen molar-refractivity contribution in [2.24, 2.45) is 0 Å². The molecule has 1 aromatic rings. The third-order valence-corrected chi connectivity index (χ3v) is 4.64. The molecular weight excluding hydrogens is 336 g/mol. The number of hydrogen-bond acceptors (Lipinski definition) is 5. The van der Waals surface area contributed by atoms with Crippen LogP contribution < -0.4 is 11.1 Å². The number of anilines is 2. The Kier molecular flexibility index (Phi) is 5.27. The lowest BCUT2D eigenvalue weighted by atomic mass is 10.1. The van der Waals surface area contributed by atoms with Crippen LogP contribution >= 0.6 is 15.9 Å². The highest BCUT2D eigenvalue weighted by atomic mass is 79.9. The van der Waals surface area contributed by atoms with Crippen LogP contribution in [0.4, 0.5) is 16.3 Å². The number of carbonyl (C=O) groups is 1. The maximum Gasteiger partial charge on any atom is 0.409 e. The van der Waals surface area contributed by atoms with Crippen molar-refractivity contribution in [2.45, 2.75) is 32.7 Å². The van der Waals surface area contributed by atoms with Crippen molar-refractivity contribution in [3.63, 3.8) is 0 Å². The summed E-state index contributed by atoms with van der Waals surface area (Å²) in [5.41, 5.74) is 7.48. The number of aromatic nitrogens is 1. The second-order valence-electron chi connectivity index (χ2n) is 5.11. The Labute approximate surface area is 133 Å². The van der Waals surface area contributed by atoms with Gasteiger partial charge in [-0.15, -0.1) is 0 Å². The van der Waals surface area contributed by atoms with Crippen molar-refractivity contribution in [2.75, 3.05) is 30.7 Å². The summed E-state index contributed by atoms with van der Waals surface area (Å²) in [4.78, 5) is 17.7. The van der Waals surface area contributed by atoms with E-state index in [-0.39, 0.29) is 6.09 Å². The SMILES string of the molecule is CCOC(=O)N1CCC(Nc2ncc(N)c(C)c2Br)CC1. The minimum Gasteiger partial charge on any atom is -0.450 e. The molecular formula is C14H21BrN4O2. The van der Waals surface area contributed by atoms with Crippen LogP contribution in [-0.4, -0.2) is 41.7 Å². The minimum absolute atomic E-state index is 0.224. The molecule has 6 nitrogen and oxygen atoms in total. The molecule has 1 aliphatic heterocycles. The molecule has 0 atom stereocenters. The monoisotopic (exact) mass is 356 g/mol. The molecule has 0 aromatic carbocycles. The van der Waals surface area contributed by atoms with E-state index in [0.29, 0.717) is 31.4 Å². The van der Waals surface area contributed by atoms with E-state index in [2.05, 4.69) is 26.2 Å². The lowest BCUT2D eigenvalue weighted by Crippen LogP contribution is -2.42. The molecule has 0 aliphatic carbocycles. The van der Waals surface area contributed by atoms with Crippen molar-refractivity contribution in [3.05, 3.63) is 16.2 Å². The first-order valence-electron chi connectivity index (χ1n) is 7.11. The number of halogens is 1. The molecule has 1 fully saturated rings. The molecule has 21 heavy (non-hydrogen) atoms.